The molecule has 2 heterocycles. The number of hydrogen-bond acceptors (Lipinski definition) is 3. The molecule has 0 saturated heterocycles. The molecule has 0 bridgehead atoms. The first kappa shape index (κ1) is 30.6. The van der Waals surface area contributed by atoms with Crippen LogP contribution in [0.5, 0.6) is 5.75 Å². The molecular formula is C60H64N3OPt-. The van der Waals surface area contributed by atoms with E-state index in [-0.39, 0.29) is 49.9 Å². The number of rotatable bonds is 10. The first-order valence-corrected chi connectivity index (χ1v) is 21.8. The van der Waals surface area contributed by atoms with Gasteiger partial charge in [-0.3, -0.25) is 9.55 Å². The van der Waals surface area contributed by atoms with Crippen LogP contribution in [0.15, 0.2) is 133 Å². The van der Waals surface area contributed by atoms with E-state index >= 15 is 0 Å². The van der Waals surface area contributed by atoms with Gasteiger partial charge in [-0.2, -0.15) is 0 Å². The molecule has 0 aliphatic carbocycles. The normalized spacial score (nSPS) is 16.2. The maximum absolute atomic E-state index is 12.3. The van der Waals surface area contributed by atoms with E-state index in [1.54, 1.807) is 6.07 Å². The summed E-state index contributed by atoms with van der Waals surface area (Å²) >= 11 is 0. The molecule has 0 aliphatic heterocycles. The number of fused-ring (bicyclic) bond motifs is 1. The quantitative estimate of drug-likeness (QED) is 0.139. The van der Waals surface area contributed by atoms with Gasteiger partial charge in [0.1, 0.15) is 11.6 Å². The van der Waals surface area contributed by atoms with Crippen LogP contribution in [0.25, 0.3) is 72.7 Å². The molecule has 0 atom stereocenters. The van der Waals surface area contributed by atoms with Crippen molar-refractivity contribution in [1.29, 1.82) is 0 Å². The Balaban J connectivity index is 0.00000946. The van der Waals surface area contributed by atoms with E-state index in [4.69, 9.17) is 22.8 Å². The fourth-order valence-electron chi connectivity index (χ4n) is 8.08. The van der Waals surface area contributed by atoms with E-state index in [1.165, 1.54) is 0 Å². The molecule has 8 rings (SSSR count). The van der Waals surface area contributed by atoms with Crippen LogP contribution in [0.2, 0.25) is 0 Å². The molecule has 0 unspecified atom stereocenters. The van der Waals surface area contributed by atoms with Crippen LogP contribution in [-0.4, -0.2) is 19.6 Å². The minimum absolute atomic E-state index is 0. The Bertz CT molecular complexity index is 3660. The van der Waals surface area contributed by atoms with Crippen molar-refractivity contribution in [1.82, 2.24) is 14.5 Å². The molecule has 65 heavy (non-hydrogen) atoms. The van der Waals surface area contributed by atoms with E-state index in [1.807, 2.05) is 89.2 Å². The van der Waals surface area contributed by atoms with Crippen molar-refractivity contribution >= 4 is 11.0 Å². The number of aromatic nitrogens is 3. The smallest absolute Gasteiger partial charge is 0.148 e. The number of imidazole rings is 1. The second-order valence-electron chi connectivity index (χ2n) is 18.7. The zero-order valence-corrected chi connectivity index (χ0v) is 40.5. The number of benzene rings is 6. The minimum Gasteiger partial charge on any atom is -0.507 e. The average Bonchev–Trinajstić information content (AvgIpc) is 3.89. The van der Waals surface area contributed by atoms with Crippen molar-refractivity contribution in [2.45, 2.75) is 112 Å². The molecule has 0 amide bonds. The fourth-order valence-corrected chi connectivity index (χ4v) is 8.08. The van der Waals surface area contributed by atoms with Crippen molar-refractivity contribution in [2.24, 2.45) is 5.92 Å². The summed E-state index contributed by atoms with van der Waals surface area (Å²) < 4.78 is 141. The van der Waals surface area contributed by atoms with Crippen LogP contribution in [0, 0.1) is 12.0 Å². The average molecular weight is 1050 g/mol. The second kappa shape index (κ2) is 18.7. The van der Waals surface area contributed by atoms with E-state index in [2.05, 4.69) is 73.6 Å². The maximum atomic E-state index is 12.3. The number of nitrogens with zero attached hydrogens (tertiary/aromatic N) is 3. The SMILES string of the molecule is [2H]c1nc(-c2[c-]c(-c3cccc4c3nc(-c3cc(C(C)C)cc(C(C)C)c3O)n4-c3ccc(-c4ccccc4)c(CC(C)C)c3)cc(C(C)(C)C)c2)c([2H])c(-c2c([2H])c([2H])c(C(C([2H])([2H])[2H])(C([2H])([2H])[2H])C([2H])([2H])[2H])c([2H])c2[2H])c1[2H].[Pt]. The summed E-state index contributed by atoms with van der Waals surface area (Å²) in [5.41, 5.74) is 2.03. The van der Waals surface area contributed by atoms with Crippen LogP contribution in [0.1, 0.15) is 144 Å². The molecule has 0 aliphatic rings. The Morgan fingerprint density at radius 2 is 1.42 bits per heavy atom. The van der Waals surface area contributed by atoms with Gasteiger partial charge in [-0.15, -0.1) is 29.3 Å². The summed E-state index contributed by atoms with van der Waals surface area (Å²) in [7, 11) is 0. The van der Waals surface area contributed by atoms with Crippen molar-refractivity contribution in [3.05, 3.63) is 167 Å². The maximum Gasteiger partial charge on any atom is 0.148 e. The molecule has 5 heteroatoms. The Labute approximate surface area is 425 Å². The van der Waals surface area contributed by atoms with Crippen molar-refractivity contribution in [3.8, 4) is 67.5 Å². The largest absolute Gasteiger partial charge is 0.507 e. The molecule has 8 aromatic rings. The first-order chi connectivity index (χ1) is 37.0. The third-order valence-electron chi connectivity index (χ3n) is 11.6. The molecule has 0 radical (unpaired) electrons. The number of phenolic OH excluding ortho intramolecular Hbond substituents is 1. The third kappa shape index (κ3) is 9.85. The predicted molar refractivity (Wildman–Crippen MR) is 271 cm³/mol. The molecule has 1 N–H and O–H groups in total. The van der Waals surface area contributed by atoms with Gasteiger partial charge in [0, 0.05) is 51.0 Å². The Morgan fingerprint density at radius 3 is 2.08 bits per heavy atom. The van der Waals surface area contributed by atoms with Crippen molar-refractivity contribution in [2.75, 3.05) is 0 Å². The van der Waals surface area contributed by atoms with Gasteiger partial charge in [0.15, 0.2) is 0 Å². The van der Waals surface area contributed by atoms with E-state index in [0.29, 0.717) is 45.0 Å². The number of para-hydroxylation sites is 1. The van der Waals surface area contributed by atoms with Crippen molar-refractivity contribution < 1.29 is 48.1 Å². The van der Waals surface area contributed by atoms with Gasteiger partial charge in [-0.25, -0.2) is 4.98 Å². The van der Waals surface area contributed by atoms with Gasteiger partial charge in [-0.1, -0.05) is 179 Å². The minimum atomic E-state index is -3.92. The molecular weight excluding hydrogens is 974 g/mol. The van der Waals surface area contributed by atoms with Crippen LogP contribution in [0.4, 0.5) is 0 Å². The van der Waals surface area contributed by atoms with Gasteiger partial charge in [0.05, 0.1) is 26.2 Å². The zero-order valence-electron chi connectivity index (χ0n) is 54.2. The van der Waals surface area contributed by atoms with Crippen molar-refractivity contribution in [3.63, 3.8) is 0 Å². The summed E-state index contributed by atoms with van der Waals surface area (Å²) in [6, 6.07) is 27.1. The molecule has 4 nitrogen and oxygen atoms in total. The van der Waals surface area contributed by atoms with Crippen LogP contribution >= 0.6 is 0 Å². The van der Waals surface area contributed by atoms with Gasteiger partial charge in [-0.05, 0) is 110 Å². The summed E-state index contributed by atoms with van der Waals surface area (Å²) in [5.74, 6) is 0.964. The summed E-state index contributed by atoms with van der Waals surface area (Å²) in [5, 5.41) is 12.3. The van der Waals surface area contributed by atoms with Gasteiger partial charge < -0.3 is 5.11 Å². The van der Waals surface area contributed by atoms with Gasteiger partial charge >= 0.3 is 0 Å². The van der Waals surface area contributed by atoms with Crippen LogP contribution < -0.4 is 0 Å². The Kier molecular flexibility index (Phi) is 8.82. The summed E-state index contributed by atoms with van der Waals surface area (Å²) in [6.07, 6.45) is 0.0326. The number of aromatic hydroxyl groups is 1. The molecule has 0 fully saturated rings. The van der Waals surface area contributed by atoms with Gasteiger partial charge in [0.2, 0.25) is 0 Å². The Hall–Kier alpha value is -5.57. The fraction of sp³-hybridized carbons (Fsp3) is 0.300. The topological polar surface area (TPSA) is 50.9 Å². The summed E-state index contributed by atoms with van der Waals surface area (Å²) in [6.45, 7) is 6.77. The third-order valence-corrected chi connectivity index (χ3v) is 11.6. The molecule has 336 valence electrons. The number of hydrogen-bond donors (Lipinski definition) is 1. The monoisotopic (exact) mass is 1050 g/mol. The van der Waals surface area contributed by atoms with E-state index in [0.717, 1.165) is 39.9 Å². The molecule has 2 aromatic heterocycles. The molecule has 0 saturated carbocycles. The zero-order chi connectivity index (χ0) is 59.3. The number of phenols is 1. The Morgan fingerprint density at radius 1 is 0.692 bits per heavy atom. The van der Waals surface area contributed by atoms with Crippen LogP contribution in [-0.2, 0) is 38.3 Å². The van der Waals surface area contributed by atoms with Gasteiger partial charge in [0.25, 0.3) is 0 Å². The van der Waals surface area contributed by atoms with E-state index < -0.39 is 90.5 Å². The van der Waals surface area contributed by atoms with E-state index in [9.17, 15) is 9.22 Å². The summed E-state index contributed by atoms with van der Waals surface area (Å²) in [4.78, 5) is 9.85. The second-order valence-corrected chi connectivity index (χ2v) is 18.7. The first-order valence-electron chi connectivity index (χ1n) is 29.8. The number of pyridine rings is 1. The molecule has 6 aromatic carbocycles. The standard InChI is InChI=1S/C60H64N3O.Pt/c1-37(2)29-44-33-49(25-26-50(44)41-17-14-13-15-18-41)63-55-20-16-19-51(56(55)62-58(63)53-35-43(38(3)4)34-52(39(5)6)57(53)64)45-30-46(32-48(31-45)60(10,11)12)54-36-42(27-28-61-54)40-21-23-47(24-22-40)59(7,8)9;/h13-28,31-39,64H,29H2,1-12H3;/q-1;/i7D3,8D3,9D3,21D,22D,23D,24D,27D,28D,36D;. The molecule has 0 spiro atoms. The predicted octanol–water partition coefficient (Wildman–Crippen LogP) is 16.3. The van der Waals surface area contributed by atoms with Crippen LogP contribution in [0.3, 0.4) is 0 Å².